The molecule has 10 heavy (non-hydrogen) atoms. The van der Waals surface area contributed by atoms with Crippen molar-refractivity contribution in [3.63, 3.8) is 0 Å². The van der Waals surface area contributed by atoms with E-state index in [2.05, 4.69) is 0 Å². The molecule has 1 aliphatic heterocycles. The van der Waals surface area contributed by atoms with Crippen LogP contribution in [0, 0.1) is 5.92 Å². The number of ether oxygens (including phenoxy) is 1. The lowest BCUT2D eigenvalue weighted by molar-refractivity contribution is -0.0386. The number of hydrogen-bond donors (Lipinski definition) is 2. The lowest BCUT2D eigenvalue weighted by Gasteiger charge is -2.17. The molecular formula is C7H14O3. The van der Waals surface area contributed by atoms with E-state index in [1.807, 2.05) is 6.92 Å². The molecule has 60 valence electrons. The van der Waals surface area contributed by atoms with E-state index in [4.69, 9.17) is 9.84 Å². The van der Waals surface area contributed by atoms with Gasteiger partial charge in [-0.1, -0.05) is 6.92 Å². The molecule has 1 fully saturated rings. The Hall–Kier alpha value is -0.120. The molecule has 1 aliphatic rings. The van der Waals surface area contributed by atoms with Gasteiger partial charge in [0, 0.05) is 5.92 Å². The van der Waals surface area contributed by atoms with Crippen molar-refractivity contribution in [2.45, 2.75) is 32.2 Å². The molecule has 2 N–H and O–H groups in total. The first-order valence-electron chi connectivity index (χ1n) is 3.60. The second-order valence-electron chi connectivity index (χ2n) is 3.01. The zero-order chi connectivity index (χ0) is 7.72. The van der Waals surface area contributed by atoms with Crippen LogP contribution in [0.5, 0.6) is 0 Å². The predicted molar refractivity (Wildman–Crippen MR) is 36.6 cm³/mol. The van der Waals surface area contributed by atoms with Crippen molar-refractivity contribution < 1.29 is 14.9 Å². The molecule has 3 heteroatoms. The van der Waals surface area contributed by atoms with Gasteiger partial charge in [-0.05, 0) is 6.92 Å². The van der Waals surface area contributed by atoms with Gasteiger partial charge in [-0.2, -0.15) is 0 Å². The van der Waals surface area contributed by atoms with Gasteiger partial charge in [-0.3, -0.25) is 0 Å². The Morgan fingerprint density at radius 3 is 2.40 bits per heavy atom. The highest BCUT2D eigenvalue weighted by atomic mass is 16.5. The van der Waals surface area contributed by atoms with Crippen molar-refractivity contribution in [2.75, 3.05) is 6.61 Å². The Bertz CT molecular complexity index is 113. The van der Waals surface area contributed by atoms with Crippen LogP contribution < -0.4 is 0 Å². The van der Waals surface area contributed by atoms with Crippen LogP contribution in [0.3, 0.4) is 0 Å². The molecule has 1 rings (SSSR count). The summed E-state index contributed by atoms with van der Waals surface area (Å²) in [5, 5.41) is 18.4. The van der Waals surface area contributed by atoms with E-state index in [-0.39, 0.29) is 12.0 Å². The van der Waals surface area contributed by atoms with E-state index in [9.17, 15) is 5.11 Å². The monoisotopic (exact) mass is 146 g/mol. The second-order valence-corrected chi connectivity index (χ2v) is 3.01. The SMILES string of the molecule is CC1CO[C@H](C(C)O)C1O. The van der Waals surface area contributed by atoms with Crippen LogP contribution in [0.1, 0.15) is 13.8 Å². The van der Waals surface area contributed by atoms with Crippen LogP contribution >= 0.6 is 0 Å². The van der Waals surface area contributed by atoms with E-state index in [0.29, 0.717) is 6.61 Å². The lowest BCUT2D eigenvalue weighted by atomic mass is 10.0. The Balaban J connectivity index is 2.49. The topological polar surface area (TPSA) is 49.7 Å². The maximum absolute atomic E-state index is 9.34. The molecule has 3 nitrogen and oxygen atoms in total. The van der Waals surface area contributed by atoms with E-state index in [0.717, 1.165) is 0 Å². The van der Waals surface area contributed by atoms with Crippen molar-refractivity contribution >= 4 is 0 Å². The van der Waals surface area contributed by atoms with Crippen molar-refractivity contribution in [1.29, 1.82) is 0 Å². The largest absolute Gasteiger partial charge is 0.391 e. The highest BCUT2D eigenvalue weighted by Gasteiger charge is 2.35. The van der Waals surface area contributed by atoms with Crippen LogP contribution in [-0.2, 0) is 4.74 Å². The Morgan fingerprint density at radius 1 is 1.60 bits per heavy atom. The molecule has 0 aromatic carbocycles. The normalized spacial score (nSPS) is 43.8. The Labute approximate surface area is 60.6 Å². The smallest absolute Gasteiger partial charge is 0.109 e. The van der Waals surface area contributed by atoms with Crippen LogP contribution in [0.4, 0.5) is 0 Å². The molecule has 0 bridgehead atoms. The zero-order valence-corrected chi connectivity index (χ0v) is 6.32. The van der Waals surface area contributed by atoms with Gasteiger partial charge in [-0.25, -0.2) is 0 Å². The lowest BCUT2D eigenvalue weighted by Crippen LogP contribution is -2.34. The van der Waals surface area contributed by atoms with E-state index < -0.39 is 12.2 Å². The van der Waals surface area contributed by atoms with E-state index in [1.54, 1.807) is 6.92 Å². The van der Waals surface area contributed by atoms with Crippen molar-refractivity contribution in [3.05, 3.63) is 0 Å². The van der Waals surface area contributed by atoms with Gasteiger partial charge in [0.25, 0.3) is 0 Å². The van der Waals surface area contributed by atoms with Gasteiger partial charge in [0.05, 0.1) is 18.8 Å². The average Bonchev–Trinajstić information content (AvgIpc) is 2.14. The fraction of sp³-hybridized carbons (Fsp3) is 1.00. The van der Waals surface area contributed by atoms with Crippen LogP contribution in [0.15, 0.2) is 0 Å². The summed E-state index contributed by atoms with van der Waals surface area (Å²) in [6.07, 6.45) is -1.45. The van der Waals surface area contributed by atoms with Crippen LogP contribution in [-0.4, -0.2) is 35.1 Å². The highest BCUT2D eigenvalue weighted by Crippen LogP contribution is 2.21. The fourth-order valence-corrected chi connectivity index (χ4v) is 1.21. The molecule has 0 aromatic heterocycles. The molecule has 4 atom stereocenters. The van der Waals surface area contributed by atoms with Crippen molar-refractivity contribution in [1.82, 2.24) is 0 Å². The summed E-state index contributed by atoms with van der Waals surface area (Å²) in [5.41, 5.74) is 0. The van der Waals surface area contributed by atoms with E-state index in [1.165, 1.54) is 0 Å². The minimum absolute atomic E-state index is 0.152. The summed E-state index contributed by atoms with van der Waals surface area (Å²) in [5.74, 6) is 0.152. The number of rotatable bonds is 1. The van der Waals surface area contributed by atoms with Crippen LogP contribution in [0.25, 0.3) is 0 Å². The summed E-state index contributed by atoms with van der Waals surface area (Å²) in [6.45, 7) is 4.09. The summed E-state index contributed by atoms with van der Waals surface area (Å²) >= 11 is 0. The predicted octanol–water partition coefficient (Wildman–Crippen LogP) is -0.237. The molecule has 0 amide bonds. The highest BCUT2D eigenvalue weighted by molar-refractivity contribution is 4.83. The molecule has 0 spiro atoms. The van der Waals surface area contributed by atoms with Gasteiger partial charge in [-0.15, -0.1) is 0 Å². The maximum atomic E-state index is 9.34. The first-order valence-corrected chi connectivity index (χ1v) is 3.60. The first kappa shape index (κ1) is 7.98. The van der Waals surface area contributed by atoms with Crippen molar-refractivity contribution in [3.8, 4) is 0 Å². The number of aliphatic hydroxyl groups excluding tert-OH is 2. The van der Waals surface area contributed by atoms with Gasteiger partial charge in [0.1, 0.15) is 6.10 Å². The molecule has 1 heterocycles. The minimum atomic E-state index is -0.569. The van der Waals surface area contributed by atoms with Gasteiger partial charge in [0.2, 0.25) is 0 Å². The van der Waals surface area contributed by atoms with Gasteiger partial charge in [0.15, 0.2) is 0 Å². The molecule has 0 radical (unpaired) electrons. The summed E-state index contributed by atoms with van der Waals surface area (Å²) in [4.78, 5) is 0. The zero-order valence-electron chi connectivity index (χ0n) is 6.32. The standard InChI is InChI=1S/C7H14O3/c1-4-3-10-7(5(2)8)6(4)9/h4-9H,3H2,1-2H3/t4?,5?,6?,7-/m1/s1. The third-order valence-corrected chi connectivity index (χ3v) is 1.95. The minimum Gasteiger partial charge on any atom is -0.391 e. The quantitative estimate of drug-likeness (QED) is 0.537. The summed E-state index contributed by atoms with van der Waals surface area (Å²) in [7, 11) is 0. The maximum Gasteiger partial charge on any atom is 0.109 e. The third-order valence-electron chi connectivity index (χ3n) is 1.95. The average molecular weight is 146 g/mol. The van der Waals surface area contributed by atoms with Gasteiger partial charge >= 0.3 is 0 Å². The Kier molecular flexibility index (Phi) is 2.28. The van der Waals surface area contributed by atoms with Crippen molar-refractivity contribution in [2.24, 2.45) is 5.92 Å². The molecule has 0 aliphatic carbocycles. The molecule has 0 aromatic rings. The molecule has 3 unspecified atom stereocenters. The summed E-state index contributed by atoms with van der Waals surface area (Å²) in [6, 6.07) is 0. The second kappa shape index (κ2) is 2.86. The third kappa shape index (κ3) is 1.31. The molecular weight excluding hydrogens is 132 g/mol. The fourth-order valence-electron chi connectivity index (χ4n) is 1.21. The molecule has 1 saturated heterocycles. The first-order chi connectivity index (χ1) is 4.63. The Morgan fingerprint density at radius 2 is 2.20 bits per heavy atom. The number of aliphatic hydroxyl groups is 2. The number of hydrogen-bond acceptors (Lipinski definition) is 3. The van der Waals surface area contributed by atoms with E-state index >= 15 is 0 Å². The summed E-state index contributed by atoms with van der Waals surface area (Å²) < 4.78 is 5.14. The van der Waals surface area contributed by atoms with Crippen LogP contribution in [0.2, 0.25) is 0 Å². The molecule has 0 saturated carbocycles. The van der Waals surface area contributed by atoms with Gasteiger partial charge < -0.3 is 14.9 Å².